The molecule has 0 aliphatic heterocycles. The third kappa shape index (κ3) is 3.31. The zero-order valence-corrected chi connectivity index (χ0v) is 11.1. The van der Waals surface area contributed by atoms with Crippen molar-refractivity contribution in [2.45, 2.75) is 38.3 Å². The van der Waals surface area contributed by atoms with Gasteiger partial charge in [-0.1, -0.05) is 12.5 Å². The van der Waals surface area contributed by atoms with E-state index in [9.17, 15) is 9.50 Å². The Balaban J connectivity index is 1.94. The minimum absolute atomic E-state index is 0.00930. The normalized spacial score (nSPS) is 24.1. The van der Waals surface area contributed by atoms with Crippen LogP contribution >= 0.6 is 0 Å². The maximum atomic E-state index is 13.5. The van der Waals surface area contributed by atoms with Gasteiger partial charge >= 0.3 is 0 Å². The zero-order chi connectivity index (χ0) is 13.8. The molecule has 0 radical (unpaired) electrons. The van der Waals surface area contributed by atoms with Crippen molar-refractivity contribution in [1.82, 2.24) is 5.32 Å². The first kappa shape index (κ1) is 14.0. The summed E-state index contributed by atoms with van der Waals surface area (Å²) in [5, 5.41) is 21.8. The average molecular weight is 262 g/mol. The number of nitrogens with zero attached hydrogens (tertiary/aromatic N) is 1. The number of nitrogens with one attached hydrogen (secondary N) is 1. The predicted octanol–water partition coefficient (Wildman–Crippen LogP) is 2.51. The summed E-state index contributed by atoms with van der Waals surface area (Å²) in [5.41, 5.74) is 0.895. The topological polar surface area (TPSA) is 56.0 Å². The van der Waals surface area contributed by atoms with Crippen LogP contribution in [-0.2, 0) is 0 Å². The van der Waals surface area contributed by atoms with Gasteiger partial charge < -0.3 is 10.4 Å². The lowest BCUT2D eigenvalue weighted by atomic mass is 10.0. The molecule has 2 N–H and O–H groups in total. The van der Waals surface area contributed by atoms with Crippen molar-refractivity contribution >= 4 is 0 Å². The van der Waals surface area contributed by atoms with Crippen molar-refractivity contribution in [3.05, 3.63) is 35.1 Å². The molecule has 0 spiro atoms. The lowest BCUT2D eigenvalue weighted by Gasteiger charge is -2.20. The summed E-state index contributed by atoms with van der Waals surface area (Å²) in [7, 11) is 0. The maximum absolute atomic E-state index is 13.5. The van der Waals surface area contributed by atoms with Gasteiger partial charge in [-0.15, -0.1) is 0 Å². The molecule has 19 heavy (non-hydrogen) atoms. The smallest absolute Gasteiger partial charge is 0.141 e. The highest BCUT2D eigenvalue weighted by molar-refractivity contribution is 5.34. The fraction of sp³-hybridized carbons (Fsp3) is 0.533. The van der Waals surface area contributed by atoms with Crippen molar-refractivity contribution in [2.24, 2.45) is 5.92 Å². The Morgan fingerprint density at radius 1 is 1.53 bits per heavy atom. The number of benzene rings is 1. The predicted molar refractivity (Wildman–Crippen MR) is 70.9 cm³/mol. The first-order valence-corrected chi connectivity index (χ1v) is 6.73. The van der Waals surface area contributed by atoms with Crippen LogP contribution in [0.15, 0.2) is 18.2 Å². The number of rotatable bonds is 4. The third-order valence-corrected chi connectivity index (χ3v) is 3.92. The van der Waals surface area contributed by atoms with E-state index in [4.69, 9.17) is 5.26 Å². The van der Waals surface area contributed by atoms with Crippen LogP contribution < -0.4 is 5.32 Å². The first-order chi connectivity index (χ1) is 9.11. The molecule has 0 heterocycles. The number of hydrogen-bond donors (Lipinski definition) is 2. The summed E-state index contributed by atoms with van der Waals surface area (Å²) in [6.45, 7) is 2.70. The van der Waals surface area contributed by atoms with Gasteiger partial charge in [0.25, 0.3) is 0 Å². The molecule has 1 aromatic rings. The van der Waals surface area contributed by atoms with Gasteiger partial charge in [0.2, 0.25) is 0 Å². The summed E-state index contributed by atoms with van der Waals surface area (Å²) in [5.74, 6) is -0.180. The van der Waals surface area contributed by atoms with Crippen LogP contribution in [0.3, 0.4) is 0 Å². The van der Waals surface area contributed by atoms with Crippen molar-refractivity contribution in [3.63, 3.8) is 0 Å². The fourth-order valence-electron chi connectivity index (χ4n) is 2.59. The van der Waals surface area contributed by atoms with Gasteiger partial charge in [0.1, 0.15) is 11.9 Å². The van der Waals surface area contributed by atoms with Crippen LogP contribution in [-0.4, -0.2) is 17.8 Å². The van der Waals surface area contributed by atoms with Gasteiger partial charge in [0.05, 0.1) is 11.7 Å². The zero-order valence-electron chi connectivity index (χ0n) is 11.1. The molecule has 4 heteroatoms. The quantitative estimate of drug-likeness (QED) is 0.876. The molecule has 1 aromatic carbocycles. The second kappa shape index (κ2) is 6.14. The Hall–Kier alpha value is -1.44. The van der Waals surface area contributed by atoms with Crippen LogP contribution in [0.1, 0.15) is 43.4 Å². The van der Waals surface area contributed by atoms with Crippen LogP contribution in [0.2, 0.25) is 0 Å². The molecule has 3 unspecified atom stereocenters. The lowest BCUT2D eigenvalue weighted by molar-refractivity contribution is 0.130. The second-order valence-electron chi connectivity index (χ2n) is 5.24. The van der Waals surface area contributed by atoms with Crippen LogP contribution in [0.25, 0.3) is 0 Å². The molecule has 0 bridgehead atoms. The van der Waals surface area contributed by atoms with E-state index in [-0.39, 0.29) is 17.7 Å². The van der Waals surface area contributed by atoms with E-state index in [1.165, 1.54) is 12.1 Å². The fourth-order valence-corrected chi connectivity index (χ4v) is 2.59. The van der Waals surface area contributed by atoms with E-state index in [0.717, 1.165) is 31.4 Å². The highest BCUT2D eigenvalue weighted by Gasteiger charge is 2.25. The van der Waals surface area contributed by atoms with Gasteiger partial charge in [0, 0.05) is 12.6 Å². The highest BCUT2D eigenvalue weighted by Crippen LogP contribution is 2.25. The highest BCUT2D eigenvalue weighted by atomic mass is 19.1. The van der Waals surface area contributed by atoms with Gasteiger partial charge in [-0.3, -0.25) is 0 Å². The van der Waals surface area contributed by atoms with Crippen LogP contribution in [0.5, 0.6) is 0 Å². The molecule has 0 saturated heterocycles. The first-order valence-electron chi connectivity index (χ1n) is 6.73. The third-order valence-electron chi connectivity index (χ3n) is 3.92. The Morgan fingerprint density at radius 3 is 2.89 bits per heavy atom. The average Bonchev–Trinajstić information content (AvgIpc) is 2.81. The standard InChI is InChI=1S/C15H19FN2O/c1-10(18-9-13-3-2-4-15(13)19)11-5-6-12(8-17)14(16)7-11/h5-7,10,13,15,18-19H,2-4,9H2,1H3. The molecule has 2 rings (SSSR count). The maximum Gasteiger partial charge on any atom is 0.141 e. The molecule has 1 fully saturated rings. The number of hydrogen-bond acceptors (Lipinski definition) is 3. The van der Waals surface area contributed by atoms with Gasteiger partial charge in [-0.2, -0.15) is 5.26 Å². The molecular weight excluding hydrogens is 243 g/mol. The molecular formula is C15H19FN2O. The summed E-state index contributed by atoms with van der Waals surface area (Å²) >= 11 is 0. The second-order valence-corrected chi connectivity index (χ2v) is 5.24. The van der Waals surface area contributed by atoms with E-state index >= 15 is 0 Å². The van der Waals surface area contributed by atoms with E-state index in [0.29, 0.717) is 5.92 Å². The van der Waals surface area contributed by atoms with Gasteiger partial charge in [0.15, 0.2) is 0 Å². The molecule has 1 aliphatic carbocycles. The van der Waals surface area contributed by atoms with Crippen LogP contribution in [0, 0.1) is 23.1 Å². The molecule has 3 atom stereocenters. The van der Waals surface area contributed by atoms with Crippen molar-refractivity contribution < 1.29 is 9.50 Å². The summed E-state index contributed by atoms with van der Waals surface area (Å²) < 4.78 is 13.5. The summed E-state index contributed by atoms with van der Waals surface area (Å²) in [6, 6.07) is 6.50. The van der Waals surface area contributed by atoms with Crippen molar-refractivity contribution in [2.75, 3.05) is 6.54 Å². The molecule has 102 valence electrons. The lowest BCUT2D eigenvalue weighted by Crippen LogP contribution is -2.29. The monoisotopic (exact) mass is 262 g/mol. The SMILES string of the molecule is CC(NCC1CCCC1O)c1ccc(C#N)c(F)c1. The Labute approximate surface area is 113 Å². The largest absolute Gasteiger partial charge is 0.393 e. The van der Waals surface area contributed by atoms with E-state index in [1.54, 1.807) is 6.07 Å². The Kier molecular flexibility index (Phi) is 4.52. The van der Waals surface area contributed by atoms with Crippen molar-refractivity contribution in [3.8, 4) is 6.07 Å². The van der Waals surface area contributed by atoms with E-state index < -0.39 is 5.82 Å². The van der Waals surface area contributed by atoms with Crippen LogP contribution in [0.4, 0.5) is 4.39 Å². The molecule has 1 saturated carbocycles. The summed E-state index contributed by atoms with van der Waals surface area (Å²) in [6.07, 6.45) is 2.79. The van der Waals surface area contributed by atoms with Gasteiger partial charge in [-0.25, -0.2) is 4.39 Å². The minimum atomic E-state index is -0.477. The molecule has 0 aromatic heterocycles. The van der Waals surface area contributed by atoms with E-state index in [2.05, 4.69) is 5.32 Å². The van der Waals surface area contributed by atoms with Crippen molar-refractivity contribution in [1.29, 1.82) is 5.26 Å². The number of nitriles is 1. The summed E-state index contributed by atoms with van der Waals surface area (Å²) in [4.78, 5) is 0. The number of halogens is 1. The Bertz CT molecular complexity index is 484. The molecule has 1 aliphatic rings. The molecule has 3 nitrogen and oxygen atoms in total. The molecule has 0 amide bonds. The number of aliphatic hydroxyl groups excluding tert-OH is 1. The van der Waals surface area contributed by atoms with Gasteiger partial charge in [-0.05, 0) is 43.4 Å². The van der Waals surface area contributed by atoms with E-state index in [1.807, 2.05) is 13.0 Å². The number of aliphatic hydroxyl groups is 1. The Morgan fingerprint density at radius 2 is 2.32 bits per heavy atom. The minimum Gasteiger partial charge on any atom is -0.393 e.